The number of H-pyrrole nitrogens is 1. The quantitative estimate of drug-likeness (QED) is 0.189. The van der Waals surface area contributed by atoms with E-state index in [2.05, 4.69) is 26.7 Å². The SMILES string of the molecule is CCCCn1cc(-c2ccc(O[C@@H]3CCN(CC4CCN(CCn5cccc(Cn6ccc(=O)[nH]c6=O)c5=O)CC4)C[C@H]3F)c(F)c2)c2ccncc2c1=O. The fraction of sp³-hybridized carbons (Fsp3) is 0.439. The molecule has 2 atom stereocenters. The van der Waals surface area contributed by atoms with Crippen molar-refractivity contribution in [3.8, 4) is 16.9 Å². The van der Waals surface area contributed by atoms with Gasteiger partial charge in [0, 0.05) is 87.4 Å². The third-order valence-corrected chi connectivity index (χ3v) is 10.9. The van der Waals surface area contributed by atoms with Gasteiger partial charge in [0.2, 0.25) is 0 Å². The summed E-state index contributed by atoms with van der Waals surface area (Å²) in [5.74, 6) is -0.135. The maximum absolute atomic E-state index is 15.5. The summed E-state index contributed by atoms with van der Waals surface area (Å²) in [7, 11) is 0. The van der Waals surface area contributed by atoms with Gasteiger partial charge in [0.05, 0.1) is 11.9 Å². The fourth-order valence-corrected chi connectivity index (χ4v) is 7.78. The molecular formula is C41H47F2N7O5. The molecule has 0 amide bonds. The van der Waals surface area contributed by atoms with Crippen LogP contribution in [0, 0.1) is 11.7 Å². The molecule has 4 aromatic heterocycles. The molecule has 7 rings (SSSR count). The second-order valence-corrected chi connectivity index (χ2v) is 14.7. The smallest absolute Gasteiger partial charge is 0.328 e. The lowest BCUT2D eigenvalue weighted by molar-refractivity contribution is 0.0105. The number of nitrogens with one attached hydrogen (secondary N) is 1. The summed E-state index contributed by atoms with van der Waals surface area (Å²) in [6, 6.07) is 11.2. The van der Waals surface area contributed by atoms with Gasteiger partial charge in [-0.05, 0) is 79.9 Å². The first-order valence-electron chi connectivity index (χ1n) is 19.2. The number of unbranched alkanes of at least 4 members (excludes halogenated alkanes) is 1. The van der Waals surface area contributed by atoms with Crippen LogP contribution in [0.4, 0.5) is 8.78 Å². The second kappa shape index (κ2) is 17.1. The molecule has 2 saturated heterocycles. The molecule has 2 aliphatic rings. The van der Waals surface area contributed by atoms with Crippen LogP contribution in [0.5, 0.6) is 5.75 Å². The average Bonchev–Trinajstić information content (AvgIpc) is 3.18. The maximum atomic E-state index is 15.5. The lowest BCUT2D eigenvalue weighted by atomic mass is 9.94. The second-order valence-electron chi connectivity index (χ2n) is 14.7. The van der Waals surface area contributed by atoms with Crippen LogP contribution in [-0.4, -0.2) is 85.0 Å². The van der Waals surface area contributed by atoms with Gasteiger partial charge in [-0.3, -0.25) is 33.8 Å². The number of alkyl halides is 1. The molecule has 55 heavy (non-hydrogen) atoms. The molecule has 290 valence electrons. The number of hydrogen-bond donors (Lipinski definition) is 1. The van der Waals surface area contributed by atoms with E-state index in [1.54, 1.807) is 64.3 Å². The first-order chi connectivity index (χ1) is 26.7. The monoisotopic (exact) mass is 755 g/mol. The van der Waals surface area contributed by atoms with E-state index in [1.807, 2.05) is 0 Å². The number of piperidine rings is 2. The van der Waals surface area contributed by atoms with Crippen molar-refractivity contribution in [3.63, 3.8) is 0 Å². The van der Waals surface area contributed by atoms with Gasteiger partial charge in [0.15, 0.2) is 11.6 Å². The third kappa shape index (κ3) is 8.86. The molecule has 2 aliphatic heterocycles. The Bertz CT molecular complexity index is 2360. The van der Waals surface area contributed by atoms with Crippen LogP contribution in [0.2, 0.25) is 0 Å². The highest BCUT2D eigenvalue weighted by molar-refractivity contribution is 5.95. The number of rotatable bonds is 13. The average molecular weight is 756 g/mol. The zero-order valence-corrected chi connectivity index (χ0v) is 31.0. The van der Waals surface area contributed by atoms with Gasteiger partial charge in [0.25, 0.3) is 16.7 Å². The van der Waals surface area contributed by atoms with E-state index < -0.39 is 29.3 Å². The minimum absolute atomic E-state index is 0.0146. The van der Waals surface area contributed by atoms with Crippen molar-refractivity contribution in [1.82, 2.24) is 33.5 Å². The molecule has 0 spiro atoms. The Balaban J connectivity index is 0.890. The third-order valence-electron chi connectivity index (χ3n) is 10.9. The first kappa shape index (κ1) is 38.1. The Morgan fingerprint density at radius 1 is 0.873 bits per heavy atom. The van der Waals surface area contributed by atoms with E-state index in [-0.39, 0.29) is 30.0 Å². The van der Waals surface area contributed by atoms with Crippen molar-refractivity contribution in [3.05, 3.63) is 126 Å². The summed E-state index contributed by atoms with van der Waals surface area (Å²) in [4.78, 5) is 60.4. The molecule has 1 N–H and O–H groups in total. The predicted octanol–water partition coefficient (Wildman–Crippen LogP) is 4.27. The van der Waals surface area contributed by atoms with Crippen molar-refractivity contribution in [2.45, 2.75) is 70.9 Å². The summed E-state index contributed by atoms with van der Waals surface area (Å²) in [6.07, 6.45) is 10.2. The zero-order chi connectivity index (χ0) is 38.5. The maximum Gasteiger partial charge on any atom is 0.328 e. The normalized spacial score (nSPS) is 18.5. The molecular weight excluding hydrogens is 708 g/mol. The molecule has 6 heterocycles. The van der Waals surface area contributed by atoms with Crippen LogP contribution >= 0.6 is 0 Å². The highest BCUT2D eigenvalue weighted by Crippen LogP contribution is 2.32. The molecule has 12 nitrogen and oxygen atoms in total. The minimum atomic E-state index is -1.26. The number of hydrogen-bond acceptors (Lipinski definition) is 8. The topological polar surface area (TPSA) is 127 Å². The van der Waals surface area contributed by atoms with Crippen molar-refractivity contribution in [1.29, 1.82) is 0 Å². The Kier molecular flexibility index (Phi) is 11.8. The van der Waals surface area contributed by atoms with Crippen LogP contribution < -0.4 is 27.1 Å². The van der Waals surface area contributed by atoms with E-state index in [4.69, 9.17) is 4.74 Å². The van der Waals surface area contributed by atoms with Crippen LogP contribution in [0.25, 0.3) is 21.9 Å². The van der Waals surface area contributed by atoms with Gasteiger partial charge < -0.3 is 18.8 Å². The van der Waals surface area contributed by atoms with Crippen molar-refractivity contribution < 1.29 is 13.5 Å². The number of likely N-dealkylation sites (tertiary alicyclic amines) is 2. The molecule has 0 saturated carbocycles. The largest absolute Gasteiger partial charge is 0.484 e. The van der Waals surface area contributed by atoms with Crippen molar-refractivity contribution in [2.75, 3.05) is 39.3 Å². The van der Waals surface area contributed by atoms with Crippen molar-refractivity contribution in [2.24, 2.45) is 5.92 Å². The molecule has 1 aromatic carbocycles. The number of halogens is 2. The van der Waals surface area contributed by atoms with Crippen molar-refractivity contribution >= 4 is 10.8 Å². The fourth-order valence-electron chi connectivity index (χ4n) is 7.78. The van der Waals surface area contributed by atoms with E-state index in [0.29, 0.717) is 60.4 Å². The van der Waals surface area contributed by atoms with E-state index in [9.17, 15) is 19.2 Å². The van der Waals surface area contributed by atoms with Gasteiger partial charge in [-0.15, -0.1) is 0 Å². The number of pyridine rings is 3. The molecule has 0 aliphatic carbocycles. The zero-order valence-electron chi connectivity index (χ0n) is 31.0. The number of aromatic amines is 1. The standard InChI is InChI=1S/C41H47F2N7O5/c1-2-3-14-49-26-33(31-8-13-44-23-32(31)40(49)53)29-6-7-36(34(42)22-29)55-37-11-18-47(27-35(37)43)24-28-9-16-46(17-10-28)20-21-48-15-4-5-30(39(48)52)25-50-19-12-38(51)45-41(50)54/h4-8,12-13,15,19,22-23,26,28,35,37H,2-3,9-11,14,16-18,20-21,24-25,27H2,1H3,(H,45,51,54)/t35-,37-/m1/s1. The van der Waals surface area contributed by atoms with Crippen LogP contribution in [0.15, 0.2) is 92.6 Å². The predicted molar refractivity (Wildman–Crippen MR) is 207 cm³/mol. The molecule has 5 aromatic rings. The number of fused-ring (bicyclic) bond motifs is 1. The number of aromatic nitrogens is 5. The van der Waals surface area contributed by atoms with Gasteiger partial charge in [-0.2, -0.15) is 0 Å². The Morgan fingerprint density at radius 2 is 1.69 bits per heavy atom. The van der Waals surface area contributed by atoms with E-state index >= 15 is 8.78 Å². The van der Waals surface area contributed by atoms with Crippen LogP contribution in [0.3, 0.4) is 0 Å². The summed E-state index contributed by atoms with van der Waals surface area (Å²) in [5.41, 5.74) is 0.455. The van der Waals surface area contributed by atoms with Gasteiger partial charge >= 0.3 is 5.69 Å². The highest BCUT2D eigenvalue weighted by atomic mass is 19.1. The number of benzene rings is 1. The number of nitrogens with zero attached hydrogens (tertiary/aromatic N) is 6. The van der Waals surface area contributed by atoms with E-state index in [0.717, 1.165) is 50.9 Å². The molecule has 0 bridgehead atoms. The van der Waals surface area contributed by atoms with Crippen LogP contribution in [0.1, 0.15) is 44.6 Å². The number of aryl methyl sites for hydroxylation is 1. The lowest BCUT2D eigenvalue weighted by Crippen LogP contribution is -2.49. The number of ether oxygens (including phenoxy) is 1. The summed E-state index contributed by atoms with van der Waals surface area (Å²) in [6.45, 7) is 7.36. The Morgan fingerprint density at radius 3 is 2.45 bits per heavy atom. The van der Waals surface area contributed by atoms with Gasteiger partial charge in [-0.1, -0.05) is 25.5 Å². The van der Waals surface area contributed by atoms with Gasteiger partial charge in [-0.25, -0.2) is 13.6 Å². The summed E-state index contributed by atoms with van der Waals surface area (Å²) in [5, 5.41) is 1.18. The Hall–Kier alpha value is -5.21. The highest BCUT2D eigenvalue weighted by Gasteiger charge is 2.33. The molecule has 2 fully saturated rings. The molecule has 0 unspecified atom stereocenters. The minimum Gasteiger partial charge on any atom is -0.484 e. The Labute approximate surface area is 316 Å². The lowest BCUT2D eigenvalue weighted by Gasteiger charge is -2.39. The van der Waals surface area contributed by atoms with Crippen LogP contribution in [-0.2, 0) is 19.6 Å². The summed E-state index contributed by atoms with van der Waals surface area (Å²) < 4.78 is 41.6. The molecule has 14 heteroatoms. The first-order valence-corrected chi connectivity index (χ1v) is 19.2. The van der Waals surface area contributed by atoms with Gasteiger partial charge in [0.1, 0.15) is 12.3 Å². The summed E-state index contributed by atoms with van der Waals surface area (Å²) >= 11 is 0. The molecule has 0 radical (unpaired) electrons. The van der Waals surface area contributed by atoms with E-state index in [1.165, 1.54) is 22.9 Å².